The van der Waals surface area contributed by atoms with E-state index >= 15 is 0 Å². The fourth-order valence-electron chi connectivity index (χ4n) is 2.10. The molecule has 0 saturated heterocycles. The van der Waals surface area contributed by atoms with Crippen LogP contribution in [-0.4, -0.2) is 4.57 Å². The van der Waals surface area contributed by atoms with E-state index in [1.807, 2.05) is 0 Å². The summed E-state index contributed by atoms with van der Waals surface area (Å²) < 4.78 is 2.42. The van der Waals surface area contributed by atoms with Crippen molar-refractivity contribution in [3.8, 4) is 0 Å². The van der Waals surface area contributed by atoms with E-state index in [1.165, 1.54) is 29.4 Å². The zero-order valence-corrected chi connectivity index (χ0v) is 8.96. The third kappa shape index (κ3) is 1.43. The van der Waals surface area contributed by atoms with Crippen molar-refractivity contribution in [3.63, 3.8) is 0 Å². The van der Waals surface area contributed by atoms with Gasteiger partial charge in [0.1, 0.15) is 0 Å². The monoisotopic (exact) mass is 187 g/mol. The molecule has 0 aliphatic rings. The van der Waals surface area contributed by atoms with Gasteiger partial charge in [-0.25, -0.2) is 0 Å². The van der Waals surface area contributed by atoms with Crippen molar-refractivity contribution >= 4 is 10.9 Å². The summed E-state index contributed by atoms with van der Waals surface area (Å²) in [5.74, 6) is 0. The highest BCUT2D eigenvalue weighted by molar-refractivity contribution is 5.81. The van der Waals surface area contributed by atoms with Crippen LogP contribution in [0.25, 0.3) is 10.9 Å². The quantitative estimate of drug-likeness (QED) is 0.691. The zero-order valence-electron chi connectivity index (χ0n) is 8.96. The first-order chi connectivity index (χ1) is 6.86. The average molecular weight is 187 g/mol. The van der Waals surface area contributed by atoms with Crippen LogP contribution in [0.3, 0.4) is 0 Å². The predicted octanol–water partition coefficient (Wildman–Crippen LogP) is 3.61. The molecule has 0 amide bonds. The fraction of sp³-hybridized carbons (Fsp3) is 0.385. The number of aromatic nitrogens is 1. The van der Waals surface area contributed by atoms with Crippen molar-refractivity contribution in [3.05, 3.63) is 36.0 Å². The van der Waals surface area contributed by atoms with E-state index in [9.17, 15) is 0 Å². The molecule has 1 heterocycles. The molecule has 14 heavy (non-hydrogen) atoms. The number of benzene rings is 1. The largest absolute Gasteiger partial charge is 0.345 e. The SMILES string of the molecule is CCCc1cc2ccccc2n1CC. The van der Waals surface area contributed by atoms with Crippen LogP contribution in [0.2, 0.25) is 0 Å². The molecule has 0 radical (unpaired) electrons. The van der Waals surface area contributed by atoms with Crippen LogP contribution in [0.5, 0.6) is 0 Å². The summed E-state index contributed by atoms with van der Waals surface area (Å²) in [6, 6.07) is 10.9. The van der Waals surface area contributed by atoms with Crippen molar-refractivity contribution in [2.45, 2.75) is 33.2 Å². The first-order valence-corrected chi connectivity index (χ1v) is 5.44. The molecular formula is C13H17N. The van der Waals surface area contributed by atoms with Crippen LogP contribution >= 0.6 is 0 Å². The Bertz CT molecular complexity index is 426. The molecule has 0 fully saturated rings. The minimum Gasteiger partial charge on any atom is -0.345 e. The molecule has 0 aliphatic heterocycles. The first kappa shape index (κ1) is 9.32. The number of hydrogen-bond acceptors (Lipinski definition) is 0. The lowest BCUT2D eigenvalue weighted by atomic mass is 10.2. The van der Waals surface area contributed by atoms with E-state index in [1.54, 1.807) is 0 Å². The van der Waals surface area contributed by atoms with Crippen LogP contribution < -0.4 is 0 Å². The van der Waals surface area contributed by atoms with Crippen molar-refractivity contribution in [1.29, 1.82) is 0 Å². The lowest BCUT2D eigenvalue weighted by Crippen LogP contribution is -1.99. The Morgan fingerprint density at radius 2 is 1.93 bits per heavy atom. The van der Waals surface area contributed by atoms with E-state index < -0.39 is 0 Å². The fourth-order valence-corrected chi connectivity index (χ4v) is 2.10. The molecule has 74 valence electrons. The molecule has 1 aromatic heterocycles. The van der Waals surface area contributed by atoms with Crippen LogP contribution in [-0.2, 0) is 13.0 Å². The average Bonchev–Trinajstić information content (AvgIpc) is 2.55. The van der Waals surface area contributed by atoms with Gasteiger partial charge in [0.15, 0.2) is 0 Å². The summed E-state index contributed by atoms with van der Waals surface area (Å²) in [4.78, 5) is 0. The maximum atomic E-state index is 2.42. The molecule has 0 aliphatic carbocycles. The van der Waals surface area contributed by atoms with E-state index in [0.29, 0.717) is 0 Å². The second-order valence-corrected chi connectivity index (χ2v) is 3.69. The van der Waals surface area contributed by atoms with E-state index in [0.717, 1.165) is 6.54 Å². The molecule has 1 heteroatoms. The Balaban J connectivity index is 2.60. The summed E-state index contributed by atoms with van der Waals surface area (Å²) in [5, 5.41) is 1.37. The molecule has 0 saturated carbocycles. The number of para-hydroxylation sites is 1. The molecule has 2 aromatic rings. The lowest BCUT2D eigenvalue weighted by Gasteiger charge is -2.06. The second-order valence-electron chi connectivity index (χ2n) is 3.69. The number of aryl methyl sites for hydroxylation is 2. The molecule has 1 nitrogen and oxygen atoms in total. The molecule has 0 spiro atoms. The molecule has 0 N–H and O–H groups in total. The zero-order chi connectivity index (χ0) is 9.97. The van der Waals surface area contributed by atoms with Crippen molar-refractivity contribution in [2.75, 3.05) is 0 Å². The predicted molar refractivity (Wildman–Crippen MR) is 61.6 cm³/mol. The topological polar surface area (TPSA) is 4.93 Å². The third-order valence-corrected chi connectivity index (χ3v) is 2.72. The Morgan fingerprint density at radius 3 is 2.64 bits per heavy atom. The van der Waals surface area contributed by atoms with Gasteiger partial charge in [-0.05, 0) is 30.9 Å². The van der Waals surface area contributed by atoms with Crippen molar-refractivity contribution in [1.82, 2.24) is 4.57 Å². The Labute approximate surface area is 85.4 Å². The van der Waals surface area contributed by atoms with Gasteiger partial charge in [0.25, 0.3) is 0 Å². The third-order valence-electron chi connectivity index (χ3n) is 2.72. The summed E-state index contributed by atoms with van der Waals surface area (Å²) in [6.45, 7) is 5.52. The van der Waals surface area contributed by atoms with Gasteiger partial charge in [-0.1, -0.05) is 31.5 Å². The van der Waals surface area contributed by atoms with Gasteiger partial charge in [0, 0.05) is 17.8 Å². The Hall–Kier alpha value is -1.24. The van der Waals surface area contributed by atoms with E-state index in [2.05, 4.69) is 48.7 Å². The van der Waals surface area contributed by atoms with Crippen LogP contribution in [0.15, 0.2) is 30.3 Å². The molecule has 0 bridgehead atoms. The van der Waals surface area contributed by atoms with Crippen LogP contribution in [0.1, 0.15) is 26.0 Å². The van der Waals surface area contributed by atoms with Gasteiger partial charge in [0.2, 0.25) is 0 Å². The van der Waals surface area contributed by atoms with Gasteiger partial charge >= 0.3 is 0 Å². The lowest BCUT2D eigenvalue weighted by molar-refractivity contribution is 0.722. The second kappa shape index (κ2) is 3.87. The van der Waals surface area contributed by atoms with Gasteiger partial charge in [0.05, 0.1) is 0 Å². The molecule has 2 rings (SSSR count). The van der Waals surface area contributed by atoms with Gasteiger partial charge in [-0.3, -0.25) is 0 Å². The summed E-state index contributed by atoms with van der Waals surface area (Å²) in [5.41, 5.74) is 2.84. The highest BCUT2D eigenvalue weighted by Gasteiger charge is 2.04. The minimum absolute atomic E-state index is 1.07. The van der Waals surface area contributed by atoms with Crippen LogP contribution in [0.4, 0.5) is 0 Å². The van der Waals surface area contributed by atoms with Gasteiger partial charge in [-0.15, -0.1) is 0 Å². The van der Waals surface area contributed by atoms with Crippen molar-refractivity contribution in [2.24, 2.45) is 0 Å². The summed E-state index contributed by atoms with van der Waals surface area (Å²) in [7, 11) is 0. The number of fused-ring (bicyclic) bond motifs is 1. The summed E-state index contributed by atoms with van der Waals surface area (Å²) in [6.07, 6.45) is 2.40. The minimum atomic E-state index is 1.07. The number of hydrogen-bond donors (Lipinski definition) is 0. The standard InChI is InChI=1S/C13H17N/c1-3-7-12-10-11-8-5-6-9-13(11)14(12)4-2/h5-6,8-10H,3-4,7H2,1-2H3. The number of rotatable bonds is 3. The highest BCUT2D eigenvalue weighted by atomic mass is 15.0. The smallest absolute Gasteiger partial charge is 0.0482 e. The highest BCUT2D eigenvalue weighted by Crippen LogP contribution is 2.20. The summed E-state index contributed by atoms with van der Waals surface area (Å²) >= 11 is 0. The first-order valence-electron chi connectivity index (χ1n) is 5.44. The number of nitrogens with zero attached hydrogens (tertiary/aromatic N) is 1. The maximum absolute atomic E-state index is 2.42. The molecule has 0 unspecified atom stereocenters. The molecule has 0 atom stereocenters. The van der Waals surface area contributed by atoms with E-state index in [-0.39, 0.29) is 0 Å². The Kier molecular flexibility index (Phi) is 2.58. The Morgan fingerprint density at radius 1 is 1.14 bits per heavy atom. The maximum Gasteiger partial charge on any atom is 0.0482 e. The van der Waals surface area contributed by atoms with Crippen molar-refractivity contribution < 1.29 is 0 Å². The molecule has 1 aromatic carbocycles. The van der Waals surface area contributed by atoms with Gasteiger partial charge in [-0.2, -0.15) is 0 Å². The van der Waals surface area contributed by atoms with Crippen LogP contribution in [0, 0.1) is 0 Å². The normalized spacial score (nSPS) is 11.0. The molecular weight excluding hydrogens is 170 g/mol. The van der Waals surface area contributed by atoms with Gasteiger partial charge < -0.3 is 4.57 Å². The van der Waals surface area contributed by atoms with E-state index in [4.69, 9.17) is 0 Å².